The van der Waals surface area contributed by atoms with Crippen LogP contribution in [-0.4, -0.2) is 32.6 Å². The third-order valence-corrected chi connectivity index (χ3v) is 3.64. The summed E-state index contributed by atoms with van der Waals surface area (Å²) in [7, 11) is 1.79. The smallest absolute Gasteiger partial charge is 0.246 e. The molecule has 3 rings (SSSR count). The molecule has 20 heavy (non-hydrogen) atoms. The molecule has 0 spiro atoms. The van der Waals surface area contributed by atoms with Gasteiger partial charge in [-0.15, -0.1) is 10.2 Å². The number of carbonyl (C=O) groups is 1. The molecule has 0 radical (unpaired) electrons. The van der Waals surface area contributed by atoms with Crippen molar-refractivity contribution < 1.29 is 4.79 Å². The van der Waals surface area contributed by atoms with Gasteiger partial charge in [0.25, 0.3) is 0 Å². The highest BCUT2D eigenvalue weighted by molar-refractivity contribution is 5.81. The number of nitrogens with zero attached hydrogens (tertiary/aromatic N) is 4. The van der Waals surface area contributed by atoms with Gasteiger partial charge in [-0.25, -0.2) is 0 Å². The molecule has 2 aromatic rings. The minimum atomic E-state index is -0.306. The summed E-state index contributed by atoms with van der Waals surface area (Å²) in [6, 6.07) is 9.65. The van der Waals surface area contributed by atoms with E-state index in [2.05, 4.69) is 10.2 Å². The lowest BCUT2D eigenvalue weighted by atomic mass is 10.0. The fourth-order valence-electron chi connectivity index (χ4n) is 2.64. The largest absolute Gasteiger partial charge is 0.336 e. The minimum Gasteiger partial charge on any atom is -0.336 e. The van der Waals surface area contributed by atoms with Gasteiger partial charge in [0.2, 0.25) is 5.91 Å². The molecule has 0 fully saturated rings. The zero-order valence-corrected chi connectivity index (χ0v) is 11.4. The zero-order chi connectivity index (χ0) is 14.1. The Balaban J connectivity index is 2.00. The summed E-state index contributed by atoms with van der Waals surface area (Å²) in [6.45, 7) is 0.770. The van der Waals surface area contributed by atoms with Gasteiger partial charge in [-0.1, -0.05) is 30.3 Å². The molecule has 0 bridgehead atoms. The first-order chi connectivity index (χ1) is 9.70. The summed E-state index contributed by atoms with van der Waals surface area (Å²) >= 11 is 0. The van der Waals surface area contributed by atoms with Crippen molar-refractivity contribution in [2.75, 3.05) is 7.05 Å². The lowest BCUT2D eigenvalue weighted by Crippen LogP contribution is -2.42. The second-order valence-electron chi connectivity index (χ2n) is 5.01. The van der Waals surface area contributed by atoms with Gasteiger partial charge in [0, 0.05) is 13.5 Å². The zero-order valence-electron chi connectivity index (χ0n) is 11.4. The molecule has 1 aromatic carbocycles. The van der Waals surface area contributed by atoms with E-state index < -0.39 is 0 Å². The Hall–Kier alpha value is -2.21. The van der Waals surface area contributed by atoms with Gasteiger partial charge in [0.05, 0.1) is 13.1 Å². The first-order valence-corrected chi connectivity index (χ1v) is 6.62. The average molecular weight is 271 g/mol. The summed E-state index contributed by atoms with van der Waals surface area (Å²) in [4.78, 5) is 14.2. The SMILES string of the molecule is CN1Cc2nnc(CN)n2[C@@H](Cc2ccccc2)C1=O. The summed E-state index contributed by atoms with van der Waals surface area (Å²) in [5.74, 6) is 1.55. The van der Waals surface area contributed by atoms with Crippen LogP contribution >= 0.6 is 0 Å². The molecule has 104 valence electrons. The first-order valence-electron chi connectivity index (χ1n) is 6.62. The molecule has 1 aromatic heterocycles. The molecule has 1 aliphatic rings. The molecular weight excluding hydrogens is 254 g/mol. The van der Waals surface area contributed by atoms with Gasteiger partial charge in [-0.3, -0.25) is 9.36 Å². The topological polar surface area (TPSA) is 77.0 Å². The van der Waals surface area contributed by atoms with Gasteiger partial charge in [-0.05, 0) is 5.56 Å². The summed E-state index contributed by atoms with van der Waals surface area (Å²) in [5.41, 5.74) is 6.82. The van der Waals surface area contributed by atoms with Gasteiger partial charge in [0.1, 0.15) is 11.9 Å². The van der Waals surface area contributed by atoms with Crippen LogP contribution in [0.3, 0.4) is 0 Å². The number of carbonyl (C=O) groups excluding carboxylic acids is 1. The Kier molecular flexibility index (Phi) is 3.23. The van der Waals surface area contributed by atoms with Gasteiger partial charge in [-0.2, -0.15) is 0 Å². The van der Waals surface area contributed by atoms with Crippen LogP contribution in [0.25, 0.3) is 0 Å². The molecule has 2 N–H and O–H groups in total. The van der Waals surface area contributed by atoms with Crippen molar-refractivity contribution in [2.24, 2.45) is 5.73 Å². The molecule has 1 atom stereocenters. The van der Waals surface area contributed by atoms with E-state index in [9.17, 15) is 4.79 Å². The average Bonchev–Trinajstić information content (AvgIpc) is 2.87. The number of hydrogen-bond acceptors (Lipinski definition) is 4. The van der Waals surface area contributed by atoms with Crippen molar-refractivity contribution in [3.05, 3.63) is 47.5 Å². The fraction of sp³-hybridized carbons (Fsp3) is 0.357. The summed E-state index contributed by atoms with van der Waals surface area (Å²) < 4.78 is 1.90. The quantitative estimate of drug-likeness (QED) is 0.881. The van der Waals surface area contributed by atoms with E-state index in [1.165, 1.54) is 0 Å². The van der Waals surface area contributed by atoms with E-state index in [4.69, 9.17) is 5.73 Å². The molecule has 6 nitrogen and oxygen atoms in total. The second-order valence-corrected chi connectivity index (χ2v) is 5.01. The van der Waals surface area contributed by atoms with E-state index in [1.807, 2.05) is 34.9 Å². The lowest BCUT2D eigenvalue weighted by molar-refractivity contribution is -0.136. The highest BCUT2D eigenvalue weighted by Gasteiger charge is 2.33. The van der Waals surface area contributed by atoms with Crippen LogP contribution < -0.4 is 5.73 Å². The first kappa shape index (κ1) is 12.8. The van der Waals surface area contributed by atoms with Gasteiger partial charge in [0.15, 0.2) is 5.82 Å². The molecule has 6 heteroatoms. The van der Waals surface area contributed by atoms with Crippen LogP contribution in [0, 0.1) is 0 Å². The van der Waals surface area contributed by atoms with Crippen LogP contribution in [0.5, 0.6) is 0 Å². The Morgan fingerprint density at radius 2 is 2.05 bits per heavy atom. The number of amides is 1. The van der Waals surface area contributed by atoms with E-state index in [0.717, 1.165) is 11.4 Å². The highest BCUT2D eigenvalue weighted by Crippen LogP contribution is 2.25. The maximum atomic E-state index is 12.5. The number of benzene rings is 1. The van der Waals surface area contributed by atoms with E-state index in [-0.39, 0.29) is 18.5 Å². The second kappa shape index (κ2) is 5.05. The maximum Gasteiger partial charge on any atom is 0.246 e. The van der Waals surface area contributed by atoms with Crippen LogP contribution in [0.4, 0.5) is 0 Å². The molecule has 0 unspecified atom stereocenters. The lowest BCUT2D eigenvalue weighted by Gasteiger charge is -2.31. The normalized spacial score (nSPS) is 18.2. The number of aromatic nitrogens is 3. The van der Waals surface area contributed by atoms with E-state index >= 15 is 0 Å². The number of fused-ring (bicyclic) bond motifs is 1. The third kappa shape index (κ3) is 2.08. The molecule has 0 saturated heterocycles. The number of nitrogens with two attached hydrogens (primary N) is 1. The third-order valence-electron chi connectivity index (χ3n) is 3.64. The Morgan fingerprint density at radius 3 is 2.75 bits per heavy atom. The molecule has 0 saturated carbocycles. The highest BCUT2D eigenvalue weighted by atomic mass is 16.2. The maximum absolute atomic E-state index is 12.5. The van der Waals surface area contributed by atoms with Crippen molar-refractivity contribution in [3.63, 3.8) is 0 Å². The van der Waals surface area contributed by atoms with Crippen LogP contribution in [0.15, 0.2) is 30.3 Å². The van der Waals surface area contributed by atoms with Crippen molar-refractivity contribution in [1.29, 1.82) is 0 Å². The minimum absolute atomic E-state index is 0.0795. The number of hydrogen-bond donors (Lipinski definition) is 1. The fourth-order valence-corrected chi connectivity index (χ4v) is 2.64. The molecule has 0 aliphatic carbocycles. The van der Waals surface area contributed by atoms with Crippen LogP contribution in [0.1, 0.15) is 23.3 Å². The molecule has 2 heterocycles. The Labute approximate surface area is 117 Å². The molecule has 1 aliphatic heterocycles. The van der Waals surface area contributed by atoms with Crippen molar-refractivity contribution in [2.45, 2.75) is 25.6 Å². The monoisotopic (exact) mass is 271 g/mol. The number of likely N-dealkylation sites (N-methyl/N-ethyl adjacent to an activating group) is 1. The number of rotatable bonds is 3. The molecular formula is C14H17N5O. The van der Waals surface area contributed by atoms with Gasteiger partial charge < -0.3 is 10.6 Å². The Morgan fingerprint density at radius 1 is 1.30 bits per heavy atom. The molecule has 1 amide bonds. The van der Waals surface area contributed by atoms with Crippen molar-refractivity contribution in [1.82, 2.24) is 19.7 Å². The van der Waals surface area contributed by atoms with Crippen molar-refractivity contribution in [3.8, 4) is 0 Å². The predicted molar refractivity (Wildman–Crippen MR) is 73.6 cm³/mol. The van der Waals surface area contributed by atoms with E-state index in [0.29, 0.717) is 18.8 Å². The Bertz CT molecular complexity index is 622. The van der Waals surface area contributed by atoms with Gasteiger partial charge >= 0.3 is 0 Å². The van der Waals surface area contributed by atoms with E-state index in [1.54, 1.807) is 11.9 Å². The van der Waals surface area contributed by atoms with Crippen LogP contribution in [-0.2, 0) is 24.3 Å². The van der Waals surface area contributed by atoms with Crippen molar-refractivity contribution >= 4 is 5.91 Å². The summed E-state index contributed by atoms with van der Waals surface area (Å²) in [5, 5.41) is 8.23. The summed E-state index contributed by atoms with van der Waals surface area (Å²) in [6.07, 6.45) is 0.627. The van der Waals surface area contributed by atoms with Crippen LogP contribution in [0.2, 0.25) is 0 Å². The predicted octanol–water partition coefficient (Wildman–Crippen LogP) is 0.493. The standard InChI is InChI=1S/C14H17N5O/c1-18-9-13-17-16-12(8-15)19(13)11(14(18)20)7-10-5-3-2-4-6-10/h2-6,11H,7-9,15H2,1H3/t11-/m0/s1.